The van der Waals surface area contributed by atoms with E-state index in [4.69, 9.17) is 9.47 Å². The minimum absolute atomic E-state index is 0.218. The van der Waals surface area contributed by atoms with Gasteiger partial charge in [-0.15, -0.1) is 0 Å². The second kappa shape index (κ2) is 9.82. The third kappa shape index (κ3) is 7.19. The lowest BCUT2D eigenvalue weighted by Gasteiger charge is -2.31. The Kier molecular flexibility index (Phi) is 9.27. The van der Waals surface area contributed by atoms with Gasteiger partial charge in [-0.25, -0.2) is 0 Å². The minimum Gasteiger partial charge on any atom is -0.466 e. The summed E-state index contributed by atoms with van der Waals surface area (Å²) in [5, 5.41) is 0. The molecule has 0 N–H and O–H groups in total. The van der Waals surface area contributed by atoms with Crippen molar-refractivity contribution in [3.8, 4) is 0 Å². The van der Waals surface area contributed by atoms with Gasteiger partial charge in [0.1, 0.15) is 0 Å². The Labute approximate surface area is 116 Å². The molecule has 0 atom stereocenters. The molecule has 0 spiro atoms. The van der Waals surface area contributed by atoms with E-state index < -0.39 is 0 Å². The molecule has 0 fully saturated rings. The predicted octanol–water partition coefficient (Wildman–Crippen LogP) is 3.48. The average Bonchev–Trinajstić information content (AvgIpc) is 2.36. The van der Waals surface area contributed by atoms with Crippen LogP contribution >= 0.6 is 0 Å². The second-order valence-electron chi connectivity index (χ2n) is 4.92. The first-order chi connectivity index (χ1) is 9.03. The average molecular weight is 272 g/mol. The summed E-state index contributed by atoms with van der Waals surface area (Å²) in [5.41, 5.74) is -0.311. The molecule has 0 aromatic carbocycles. The monoisotopic (exact) mass is 272 g/mol. The zero-order valence-corrected chi connectivity index (χ0v) is 12.8. The Morgan fingerprint density at radius 1 is 0.895 bits per heavy atom. The lowest BCUT2D eigenvalue weighted by atomic mass is 9.74. The van der Waals surface area contributed by atoms with Crippen molar-refractivity contribution in [1.82, 2.24) is 0 Å². The number of unbranched alkanes of at least 4 members (excludes halogenated alkanes) is 1. The van der Waals surface area contributed by atoms with E-state index in [0.29, 0.717) is 26.1 Å². The maximum absolute atomic E-state index is 11.7. The van der Waals surface area contributed by atoms with E-state index in [9.17, 15) is 9.59 Å². The van der Waals surface area contributed by atoms with E-state index in [0.717, 1.165) is 25.7 Å². The van der Waals surface area contributed by atoms with Crippen molar-refractivity contribution >= 4 is 11.9 Å². The molecule has 0 radical (unpaired) electrons. The molecule has 112 valence electrons. The molecule has 0 aliphatic rings. The van der Waals surface area contributed by atoms with Crippen LogP contribution in [0.1, 0.15) is 66.2 Å². The fourth-order valence-corrected chi connectivity index (χ4v) is 2.25. The lowest BCUT2D eigenvalue weighted by molar-refractivity contribution is -0.150. The third-order valence-corrected chi connectivity index (χ3v) is 3.46. The van der Waals surface area contributed by atoms with Crippen LogP contribution in [0.2, 0.25) is 0 Å². The van der Waals surface area contributed by atoms with E-state index in [-0.39, 0.29) is 17.4 Å². The zero-order valence-electron chi connectivity index (χ0n) is 12.8. The Hall–Kier alpha value is -1.06. The molecule has 19 heavy (non-hydrogen) atoms. The van der Waals surface area contributed by atoms with Crippen molar-refractivity contribution in [2.45, 2.75) is 66.2 Å². The van der Waals surface area contributed by atoms with E-state index in [1.807, 2.05) is 6.92 Å². The summed E-state index contributed by atoms with van der Waals surface area (Å²) in [6.07, 6.45) is 4.30. The normalized spacial score (nSPS) is 11.2. The molecular formula is C15H28O4. The molecule has 0 saturated heterocycles. The zero-order chi connectivity index (χ0) is 14.7. The lowest BCUT2D eigenvalue weighted by Crippen LogP contribution is -2.29. The summed E-state index contributed by atoms with van der Waals surface area (Å²) in [6.45, 7) is 8.48. The van der Waals surface area contributed by atoms with E-state index in [1.54, 1.807) is 13.8 Å². The quantitative estimate of drug-likeness (QED) is 0.571. The highest BCUT2D eigenvalue weighted by molar-refractivity contribution is 5.74. The Morgan fingerprint density at radius 2 is 1.37 bits per heavy atom. The van der Waals surface area contributed by atoms with Gasteiger partial charge in [0.05, 0.1) is 26.1 Å². The molecule has 0 saturated carbocycles. The van der Waals surface area contributed by atoms with Crippen molar-refractivity contribution in [1.29, 1.82) is 0 Å². The van der Waals surface area contributed by atoms with Crippen LogP contribution in [0.4, 0.5) is 0 Å². The van der Waals surface area contributed by atoms with Gasteiger partial charge in [0.25, 0.3) is 0 Å². The van der Waals surface area contributed by atoms with Crippen molar-refractivity contribution in [3.63, 3.8) is 0 Å². The standard InChI is InChI=1S/C15H28O4/c1-5-9-10-15(6-2,11-13(16)18-7-3)12-14(17)19-8-4/h5-12H2,1-4H3. The number of carbonyl (C=O) groups excluding carboxylic acids is 2. The van der Waals surface area contributed by atoms with Crippen molar-refractivity contribution in [3.05, 3.63) is 0 Å². The molecule has 0 rings (SSSR count). The van der Waals surface area contributed by atoms with Crippen LogP contribution in [0.15, 0.2) is 0 Å². The Morgan fingerprint density at radius 3 is 1.68 bits per heavy atom. The van der Waals surface area contributed by atoms with Crippen molar-refractivity contribution in [2.75, 3.05) is 13.2 Å². The molecule has 0 aliphatic heterocycles. The fraction of sp³-hybridized carbons (Fsp3) is 0.867. The van der Waals surface area contributed by atoms with Gasteiger partial charge in [-0.05, 0) is 32.1 Å². The highest BCUT2D eigenvalue weighted by Crippen LogP contribution is 2.37. The second-order valence-corrected chi connectivity index (χ2v) is 4.92. The molecule has 0 heterocycles. The first-order valence-corrected chi connectivity index (χ1v) is 7.34. The van der Waals surface area contributed by atoms with Crippen LogP contribution in [0.3, 0.4) is 0 Å². The Balaban J connectivity index is 4.75. The van der Waals surface area contributed by atoms with Gasteiger partial charge < -0.3 is 9.47 Å². The molecule has 4 heteroatoms. The van der Waals surface area contributed by atoms with Gasteiger partial charge in [-0.3, -0.25) is 9.59 Å². The molecular weight excluding hydrogens is 244 g/mol. The first-order valence-electron chi connectivity index (χ1n) is 7.34. The predicted molar refractivity (Wildman–Crippen MR) is 74.7 cm³/mol. The van der Waals surface area contributed by atoms with Gasteiger partial charge in [-0.1, -0.05) is 26.7 Å². The van der Waals surface area contributed by atoms with Crippen molar-refractivity contribution in [2.24, 2.45) is 5.41 Å². The minimum atomic E-state index is -0.311. The summed E-state index contributed by atoms with van der Waals surface area (Å²) in [7, 11) is 0. The molecule has 0 unspecified atom stereocenters. The summed E-state index contributed by atoms with van der Waals surface area (Å²) < 4.78 is 10.1. The summed E-state index contributed by atoms with van der Waals surface area (Å²) in [6, 6.07) is 0. The number of ether oxygens (including phenoxy) is 2. The summed E-state index contributed by atoms with van der Waals surface area (Å²) in [5.74, 6) is -0.436. The van der Waals surface area contributed by atoms with Crippen LogP contribution in [-0.4, -0.2) is 25.2 Å². The number of rotatable bonds is 10. The number of hydrogen-bond acceptors (Lipinski definition) is 4. The van der Waals surface area contributed by atoms with Gasteiger partial charge >= 0.3 is 11.9 Å². The topological polar surface area (TPSA) is 52.6 Å². The molecule has 4 nitrogen and oxygen atoms in total. The van der Waals surface area contributed by atoms with Gasteiger partial charge in [-0.2, -0.15) is 0 Å². The summed E-state index contributed by atoms with van der Waals surface area (Å²) in [4.78, 5) is 23.5. The van der Waals surface area contributed by atoms with E-state index in [1.165, 1.54) is 0 Å². The molecule has 0 aromatic heterocycles. The number of hydrogen-bond donors (Lipinski definition) is 0. The summed E-state index contributed by atoms with van der Waals surface area (Å²) >= 11 is 0. The number of carbonyl (C=O) groups is 2. The van der Waals surface area contributed by atoms with E-state index >= 15 is 0 Å². The maximum atomic E-state index is 11.7. The maximum Gasteiger partial charge on any atom is 0.306 e. The van der Waals surface area contributed by atoms with Gasteiger partial charge in [0.2, 0.25) is 0 Å². The number of esters is 2. The van der Waals surface area contributed by atoms with Crippen LogP contribution in [0.5, 0.6) is 0 Å². The highest BCUT2D eigenvalue weighted by Gasteiger charge is 2.34. The van der Waals surface area contributed by atoms with Crippen LogP contribution in [0, 0.1) is 5.41 Å². The Bertz CT molecular complexity index is 253. The molecule has 0 aliphatic carbocycles. The largest absolute Gasteiger partial charge is 0.466 e. The van der Waals surface area contributed by atoms with Crippen LogP contribution in [-0.2, 0) is 19.1 Å². The van der Waals surface area contributed by atoms with Crippen LogP contribution in [0.25, 0.3) is 0 Å². The van der Waals surface area contributed by atoms with Gasteiger partial charge in [0.15, 0.2) is 0 Å². The third-order valence-electron chi connectivity index (χ3n) is 3.46. The smallest absolute Gasteiger partial charge is 0.306 e. The molecule has 0 amide bonds. The highest BCUT2D eigenvalue weighted by atomic mass is 16.5. The first kappa shape index (κ1) is 17.9. The molecule has 0 aromatic rings. The fourth-order valence-electron chi connectivity index (χ4n) is 2.25. The molecule has 0 bridgehead atoms. The van der Waals surface area contributed by atoms with Crippen molar-refractivity contribution < 1.29 is 19.1 Å². The van der Waals surface area contributed by atoms with Gasteiger partial charge in [0, 0.05) is 0 Å². The van der Waals surface area contributed by atoms with Crippen LogP contribution < -0.4 is 0 Å². The SMILES string of the molecule is CCCCC(CC)(CC(=O)OCC)CC(=O)OCC. The van der Waals surface area contributed by atoms with E-state index in [2.05, 4.69) is 6.92 Å².